The van der Waals surface area contributed by atoms with Crippen LogP contribution in [0.15, 0.2) is 38.3 Å². The van der Waals surface area contributed by atoms with Crippen LogP contribution in [0.25, 0.3) is 10.6 Å². The number of carbonyl (C=O) groups excluding carboxylic acids is 2. The number of nitro benzene ring substituents is 1. The Kier molecular flexibility index (Phi) is 9.85. The number of halogens is 1. The molecule has 0 unspecified atom stereocenters. The van der Waals surface area contributed by atoms with Gasteiger partial charge in [0.25, 0.3) is 21.3 Å². The number of benzene rings is 1. The number of amides is 1. The molecular weight excluding hydrogens is 594 g/mol. The lowest BCUT2D eigenvalue weighted by atomic mass is 10.2. The van der Waals surface area contributed by atoms with E-state index in [2.05, 4.69) is 19.9 Å². The molecule has 40 heavy (non-hydrogen) atoms. The smallest absolute Gasteiger partial charge is 0.328 e. The highest BCUT2D eigenvalue weighted by molar-refractivity contribution is 7.91. The molecule has 0 saturated carbocycles. The summed E-state index contributed by atoms with van der Waals surface area (Å²) in [5, 5.41) is 18.4. The first-order chi connectivity index (χ1) is 18.8. The molecule has 214 valence electrons. The number of sulfonamides is 1. The summed E-state index contributed by atoms with van der Waals surface area (Å²) in [5.41, 5.74) is -1.27. The number of esters is 1. The Bertz CT molecular complexity index is 1670. The number of nitrogens with zero attached hydrogens (tertiary/aromatic N) is 5. The van der Waals surface area contributed by atoms with Crippen LogP contribution in [0, 0.1) is 17.0 Å². The first kappa shape index (κ1) is 30.5. The van der Waals surface area contributed by atoms with Crippen molar-refractivity contribution in [2.24, 2.45) is 0 Å². The lowest BCUT2D eigenvalue weighted by Gasteiger charge is -2.22. The van der Waals surface area contributed by atoms with E-state index in [1.165, 1.54) is 25.3 Å². The Morgan fingerprint density at radius 2 is 2.02 bits per heavy atom. The molecule has 0 saturated heterocycles. The Labute approximate surface area is 234 Å². The van der Waals surface area contributed by atoms with E-state index < -0.39 is 55.5 Å². The number of carbonyl (C=O) groups is 2. The van der Waals surface area contributed by atoms with Gasteiger partial charge < -0.3 is 9.64 Å². The molecule has 3 rings (SSSR count). The average Bonchev–Trinajstić information content (AvgIpc) is 3.37. The third-order valence-electron chi connectivity index (χ3n) is 5.18. The minimum Gasteiger partial charge on any atom is -0.465 e. The number of nitro groups is 1. The van der Waals surface area contributed by atoms with Crippen LogP contribution in [0.2, 0.25) is 5.02 Å². The van der Waals surface area contributed by atoms with Gasteiger partial charge in [-0.15, -0.1) is 10.2 Å². The summed E-state index contributed by atoms with van der Waals surface area (Å²) < 4.78 is 33.2. The van der Waals surface area contributed by atoms with E-state index in [-0.39, 0.29) is 46.5 Å². The molecular formula is C21H22ClN7O9S2. The van der Waals surface area contributed by atoms with Crippen LogP contribution in [0.4, 0.5) is 5.69 Å². The van der Waals surface area contributed by atoms with Crippen molar-refractivity contribution in [3.8, 4) is 10.6 Å². The van der Waals surface area contributed by atoms with Gasteiger partial charge in [0, 0.05) is 42.5 Å². The highest BCUT2D eigenvalue weighted by atomic mass is 35.5. The van der Waals surface area contributed by atoms with E-state index in [0.717, 1.165) is 15.5 Å². The summed E-state index contributed by atoms with van der Waals surface area (Å²) in [7, 11) is -4.22. The summed E-state index contributed by atoms with van der Waals surface area (Å²) >= 11 is 6.74. The maximum Gasteiger partial charge on any atom is 0.328 e. The van der Waals surface area contributed by atoms with Crippen molar-refractivity contribution < 1.29 is 27.7 Å². The molecule has 0 aliphatic rings. The van der Waals surface area contributed by atoms with Gasteiger partial charge in [0.15, 0.2) is 0 Å². The van der Waals surface area contributed by atoms with Crippen molar-refractivity contribution in [2.45, 2.75) is 24.7 Å². The molecule has 3 aromatic rings. The van der Waals surface area contributed by atoms with Gasteiger partial charge in [-0.3, -0.25) is 34.0 Å². The van der Waals surface area contributed by atoms with Crippen LogP contribution in [0.5, 0.6) is 0 Å². The summed E-state index contributed by atoms with van der Waals surface area (Å²) in [6.45, 7) is 1.38. The highest BCUT2D eigenvalue weighted by Crippen LogP contribution is 2.33. The third-order valence-corrected chi connectivity index (χ3v) is 8.27. The van der Waals surface area contributed by atoms with E-state index in [0.29, 0.717) is 11.3 Å². The Balaban J connectivity index is 1.72. The summed E-state index contributed by atoms with van der Waals surface area (Å²) in [6.07, 6.45) is 1.19. The van der Waals surface area contributed by atoms with Gasteiger partial charge >= 0.3 is 11.7 Å². The van der Waals surface area contributed by atoms with Gasteiger partial charge in [-0.25, -0.2) is 17.9 Å². The Morgan fingerprint density at radius 1 is 1.30 bits per heavy atom. The standard InChI is InChI=1S/C21H22ClN7O9S2/c1-3-38-17(31)11-27(16(30)10-28-9-12(2)18(32)24-20(28)33)7-6-23-40(36,37)21-26-25-19(39-21)14-5-4-13(29(34)35)8-15(14)22/h4-5,8-9,23H,3,6-7,10-11H2,1-2H3,(H,24,32,33). The second-order valence-electron chi connectivity index (χ2n) is 8.01. The molecule has 2 N–H and O–H groups in total. The first-order valence-corrected chi connectivity index (χ1v) is 14.0. The number of aromatic amines is 1. The predicted molar refractivity (Wildman–Crippen MR) is 141 cm³/mol. The summed E-state index contributed by atoms with van der Waals surface area (Å²) in [4.78, 5) is 61.9. The van der Waals surface area contributed by atoms with Crippen LogP contribution in [-0.4, -0.2) is 76.1 Å². The SMILES string of the molecule is CCOC(=O)CN(CCNS(=O)(=O)c1nnc(-c2ccc([N+](=O)[O-])cc2Cl)s1)C(=O)Cn1cc(C)c(=O)[nH]c1=O. The zero-order valence-electron chi connectivity index (χ0n) is 20.9. The zero-order chi connectivity index (χ0) is 29.6. The minimum absolute atomic E-state index is 0.0211. The van der Waals surface area contributed by atoms with Crippen LogP contribution in [0.1, 0.15) is 12.5 Å². The number of aryl methyl sites for hydroxylation is 1. The average molecular weight is 616 g/mol. The summed E-state index contributed by atoms with van der Waals surface area (Å²) in [6, 6.07) is 3.61. The number of aromatic nitrogens is 4. The molecule has 0 spiro atoms. The molecule has 1 aromatic carbocycles. The first-order valence-electron chi connectivity index (χ1n) is 11.3. The Hall–Kier alpha value is -4.00. The normalized spacial score (nSPS) is 11.3. The zero-order valence-corrected chi connectivity index (χ0v) is 23.3. The fraction of sp³-hybridized carbons (Fsp3) is 0.333. The number of rotatable bonds is 12. The van der Waals surface area contributed by atoms with E-state index >= 15 is 0 Å². The van der Waals surface area contributed by atoms with Crippen molar-refractivity contribution in [1.29, 1.82) is 0 Å². The Morgan fingerprint density at radius 3 is 2.67 bits per heavy atom. The third kappa shape index (κ3) is 7.56. The fourth-order valence-corrected chi connectivity index (χ4v) is 5.65. The molecule has 0 fully saturated rings. The second kappa shape index (κ2) is 12.9. The van der Waals surface area contributed by atoms with Crippen LogP contribution in [0.3, 0.4) is 0 Å². The molecule has 16 nitrogen and oxygen atoms in total. The quantitative estimate of drug-likeness (QED) is 0.160. The second-order valence-corrected chi connectivity index (χ2v) is 11.3. The van der Waals surface area contributed by atoms with E-state index in [4.69, 9.17) is 16.3 Å². The fourth-order valence-electron chi connectivity index (χ4n) is 3.23. The predicted octanol–water partition coefficient (Wildman–Crippen LogP) is 0.295. The molecule has 0 radical (unpaired) electrons. The van der Waals surface area contributed by atoms with Gasteiger partial charge in [-0.1, -0.05) is 22.9 Å². The number of hydrogen-bond acceptors (Lipinski definition) is 12. The molecule has 19 heteroatoms. The van der Waals surface area contributed by atoms with Gasteiger partial charge in [-0.05, 0) is 19.9 Å². The van der Waals surface area contributed by atoms with Crippen LogP contribution < -0.4 is 16.0 Å². The van der Waals surface area contributed by atoms with E-state index in [9.17, 15) is 37.7 Å². The number of nitrogens with one attached hydrogen (secondary N) is 2. The van der Waals surface area contributed by atoms with Gasteiger partial charge in [0.05, 0.1) is 16.6 Å². The highest BCUT2D eigenvalue weighted by Gasteiger charge is 2.24. The minimum atomic E-state index is -4.22. The van der Waals surface area contributed by atoms with Crippen LogP contribution >= 0.6 is 22.9 Å². The molecule has 2 heterocycles. The molecule has 0 aliphatic heterocycles. The van der Waals surface area contributed by atoms with Gasteiger partial charge in [-0.2, -0.15) is 0 Å². The topological polar surface area (TPSA) is 217 Å². The van der Waals surface area contributed by atoms with E-state index in [1.807, 2.05) is 0 Å². The number of H-pyrrole nitrogens is 1. The number of non-ortho nitro benzene ring substituents is 1. The molecule has 0 aliphatic carbocycles. The molecule has 0 atom stereocenters. The monoisotopic (exact) mass is 615 g/mol. The maximum atomic E-state index is 12.9. The number of ether oxygens (including phenoxy) is 1. The van der Waals surface area contributed by atoms with Gasteiger partial charge in [0.1, 0.15) is 18.1 Å². The lowest BCUT2D eigenvalue weighted by Crippen LogP contribution is -2.44. The van der Waals surface area contributed by atoms with Crippen molar-refractivity contribution in [3.63, 3.8) is 0 Å². The number of hydrogen-bond donors (Lipinski definition) is 2. The van der Waals surface area contributed by atoms with Crippen molar-refractivity contribution in [2.75, 3.05) is 26.2 Å². The summed E-state index contributed by atoms with van der Waals surface area (Å²) in [5.74, 6) is -1.47. The molecule has 1 amide bonds. The van der Waals surface area contributed by atoms with Crippen molar-refractivity contribution in [1.82, 2.24) is 29.4 Å². The molecule has 2 aromatic heterocycles. The maximum absolute atomic E-state index is 12.9. The lowest BCUT2D eigenvalue weighted by molar-refractivity contribution is -0.384. The van der Waals surface area contributed by atoms with Crippen LogP contribution in [-0.2, 0) is 30.9 Å². The van der Waals surface area contributed by atoms with E-state index in [1.54, 1.807) is 6.92 Å². The molecule has 0 bridgehead atoms. The van der Waals surface area contributed by atoms with Crippen molar-refractivity contribution >= 4 is 50.5 Å². The largest absolute Gasteiger partial charge is 0.465 e. The van der Waals surface area contributed by atoms with Crippen molar-refractivity contribution in [3.05, 3.63) is 65.9 Å². The van der Waals surface area contributed by atoms with Gasteiger partial charge in [0.2, 0.25) is 10.2 Å².